The molecule has 4 nitrogen and oxygen atoms in total. The first-order valence-electron chi connectivity index (χ1n) is 7.48. The second-order valence-electron chi connectivity index (χ2n) is 5.50. The minimum absolute atomic E-state index is 0.128. The van der Waals surface area contributed by atoms with Gasteiger partial charge in [0.25, 0.3) is 6.29 Å². The average Bonchev–Trinajstić information content (AvgIpc) is 2.78. The SMILES string of the molecule is O=C(OC1CNCc2cccc(-c3ccc(F)c(F)c3)c2O1)C(F)(F)F. The first kappa shape index (κ1) is 18.1. The van der Waals surface area contributed by atoms with E-state index in [-0.39, 0.29) is 24.4 Å². The molecule has 0 saturated heterocycles. The average molecular weight is 373 g/mol. The van der Waals surface area contributed by atoms with Crippen molar-refractivity contribution in [2.75, 3.05) is 6.54 Å². The molecule has 0 fully saturated rings. The maximum atomic E-state index is 13.5. The summed E-state index contributed by atoms with van der Waals surface area (Å²) in [6, 6.07) is 8.03. The number of hydrogen-bond donors (Lipinski definition) is 1. The zero-order valence-corrected chi connectivity index (χ0v) is 13.1. The molecule has 9 heteroatoms. The fourth-order valence-corrected chi connectivity index (χ4v) is 2.50. The van der Waals surface area contributed by atoms with Crippen molar-refractivity contribution in [3.63, 3.8) is 0 Å². The van der Waals surface area contributed by atoms with E-state index in [9.17, 15) is 26.7 Å². The molecule has 0 saturated carbocycles. The smallest absolute Gasteiger partial charge is 0.452 e. The molecule has 1 aliphatic heterocycles. The fourth-order valence-electron chi connectivity index (χ4n) is 2.50. The monoisotopic (exact) mass is 373 g/mol. The van der Waals surface area contributed by atoms with Crippen molar-refractivity contribution in [1.82, 2.24) is 5.32 Å². The molecule has 0 amide bonds. The van der Waals surface area contributed by atoms with Crippen LogP contribution < -0.4 is 10.1 Å². The molecular formula is C17H12F5NO3. The number of benzene rings is 2. The number of nitrogens with one attached hydrogen (secondary N) is 1. The molecule has 2 aromatic carbocycles. The molecule has 0 bridgehead atoms. The van der Waals surface area contributed by atoms with Crippen LogP contribution >= 0.6 is 0 Å². The highest BCUT2D eigenvalue weighted by Gasteiger charge is 2.43. The van der Waals surface area contributed by atoms with E-state index in [0.717, 1.165) is 12.1 Å². The van der Waals surface area contributed by atoms with Gasteiger partial charge in [0, 0.05) is 17.7 Å². The summed E-state index contributed by atoms with van der Waals surface area (Å²) in [5.74, 6) is -4.36. The van der Waals surface area contributed by atoms with Crippen molar-refractivity contribution < 1.29 is 36.2 Å². The molecule has 0 aliphatic carbocycles. The molecule has 1 unspecified atom stereocenters. The molecular weight excluding hydrogens is 361 g/mol. The van der Waals surface area contributed by atoms with E-state index in [1.807, 2.05) is 0 Å². The normalized spacial score (nSPS) is 17.0. The number of esters is 1. The Hall–Kier alpha value is -2.68. The Morgan fingerprint density at radius 3 is 2.62 bits per heavy atom. The lowest BCUT2D eigenvalue weighted by Gasteiger charge is -2.20. The van der Waals surface area contributed by atoms with Gasteiger partial charge in [-0.1, -0.05) is 24.3 Å². The number of halogens is 5. The highest BCUT2D eigenvalue weighted by atomic mass is 19.4. The molecule has 26 heavy (non-hydrogen) atoms. The number of hydrogen-bond acceptors (Lipinski definition) is 4. The van der Waals surface area contributed by atoms with Gasteiger partial charge in [-0.3, -0.25) is 0 Å². The zero-order chi connectivity index (χ0) is 18.9. The predicted molar refractivity (Wildman–Crippen MR) is 80.1 cm³/mol. The van der Waals surface area contributed by atoms with Gasteiger partial charge >= 0.3 is 12.1 Å². The van der Waals surface area contributed by atoms with E-state index < -0.39 is 30.1 Å². The fraction of sp³-hybridized carbons (Fsp3) is 0.235. The highest BCUT2D eigenvalue weighted by Crippen LogP contribution is 2.36. The summed E-state index contributed by atoms with van der Waals surface area (Å²) in [6.45, 7) is 0.0562. The number of carbonyl (C=O) groups excluding carboxylic acids is 1. The van der Waals surface area contributed by atoms with Gasteiger partial charge in [0.15, 0.2) is 11.6 Å². The Labute approximate surface area is 144 Å². The lowest BCUT2D eigenvalue weighted by atomic mass is 10.0. The summed E-state index contributed by atoms with van der Waals surface area (Å²) >= 11 is 0. The summed E-state index contributed by atoms with van der Waals surface area (Å²) in [7, 11) is 0. The van der Waals surface area contributed by atoms with Crippen LogP contribution in [-0.4, -0.2) is 25.0 Å². The first-order chi connectivity index (χ1) is 12.3. The third-order valence-electron chi connectivity index (χ3n) is 3.67. The number of alkyl halides is 3. The van der Waals surface area contributed by atoms with Crippen LogP contribution in [0, 0.1) is 11.6 Å². The van der Waals surface area contributed by atoms with Crippen LogP contribution in [0.25, 0.3) is 11.1 Å². The van der Waals surface area contributed by atoms with Crippen LogP contribution in [0.4, 0.5) is 22.0 Å². The largest absolute Gasteiger partial charge is 0.491 e. The van der Waals surface area contributed by atoms with Gasteiger partial charge in [-0.05, 0) is 17.7 Å². The van der Waals surface area contributed by atoms with Crippen LogP contribution in [-0.2, 0) is 16.1 Å². The topological polar surface area (TPSA) is 47.6 Å². The second kappa shape index (κ2) is 6.91. The standard InChI is InChI=1S/C17H12F5NO3/c18-12-5-4-9(6-13(12)19)11-3-1-2-10-7-23-8-14(25-15(10)11)26-16(24)17(20,21)22/h1-6,14,23H,7-8H2. The van der Waals surface area contributed by atoms with Crippen molar-refractivity contribution >= 4 is 5.97 Å². The molecule has 1 heterocycles. The maximum absolute atomic E-state index is 13.5. The van der Waals surface area contributed by atoms with Gasteiger partial charge in [-0.25, -0.2) is 13.6 Å². The number of ether oxygens (including phenoxy) is 2. The van der Waals surface area contributed by atoms with Gasteiger partial charge in [-0.15, -0.1) is 0 Å². The van der Waals surface area contributed by atoms with Crippen molar-refractivity contribution in [2.24, 2.45) is 0 Å². The van der Waals surface area contributed by atoms with Crippen molar-refractivity contribution in [3.05, 3.63) is 53.6 Å². The molecule has 2 aromatic rings. The third-order valence-corrected chi connectivity index (χ3v) is 3.67. The molecule has 1 atom stereocenters. The summed E-state index contributed by atoms with van der Waals surface area (Å²) in [4.78, 5) is 11.0. The lowest BCUT2D eigenvalue weighted by Crippen LogP contribution is -2.37. The lowest BCUT2D eigenvalue weighted by molar-refractivity contribution is -0.215. The molecule has 0 aromatic heterocycles. The summed E-state index contributed by atoms with van der Waals surface area (Å²) < 4.78 is 73.7. The maximum Gasteiger partial charge on any atom is 0.491 e. The van der Waals surface area contributed by atoms with Gasteiger partial charge in [0.05, 0.1) is 6.54 Å². The van der Waals surface area contributed by atoms with Crippen molar-refractivity contribution in [2.45, 2.75) is 19.0 Å². The van der Waals surface area contributed by atoms with Gasteiger partial charge < -0.3 is 14.8 Å². The van der Waals surface area contributed by atoms with Crippen molar-refractivity contribution in [3.8, 4) is 16.9 Å². The minimum atomic E-state index is -5.15. The number of carbonyl (C=O) groups is 1. The molecule has 0 radical (unpaired) electrons. The third kappa shape index (κ3) is 3.77. The molecule has 1 aliphatic rings. The molecule has 3 rings (SSSR count). The van der Waals surface area contributed by atoms with Gasteiger partial charge in [0.2, 0.25) is 0 Å². The van der Waals surface area contributed by atoms with Crippen molar-refractivity contribution in [1.29, 1.82) is 0 Å². The van der Waals surface area contributed by atoms with Crippen LogP contribution in [0.2, 0.25) is 0 Å². The molecule has 138 valence electrons. The predicted octanol–water partition coefficient (Wildman–Crippen LogP) is 3.55. The quantitative estimate of drug-likeness (QED) is 0.646. The number of para-hydroxylation sites is 1. The first-order valence-corrected chi connectivity index (χ1v) is 7.48. The number of rotatable bonds is 2. The van der Waals surface area contributed by atoms with E-state index in [1.165, 1.54) is 6.07 Å². The Morgan fingerprint density at radius 2 is 1.92 bits per heavy atom. The molecule has 0 spiro atoms. The van der Waals surface area contributed by atoms with Crippen LogP contribution in [0.3, 0.4) is 0 Å². The van der Waals surface area contributed by atoms with Crippen LogP contribution in [0.15, 0.2) is 36.4 Å². The van der Waals surface area contributed by atoms with E-state index in [0.29, 0.717) is 11.1 Å². The minimum Gasteiger partial charge on any atom is -0.452 e. The van der Waals surface area contributed by atoms with Gasteiger partial charge in [-0.2, -0.15) is 13.2 Å². The van der Waals surface area contributed by atoms with E-state index in [2.05, 4.69) is 10.1 Å². The van der Waals surface area contributed by atoms with E-state index >= 15 is 0 Å². The van der Waals surface area contributed by atoms with Gasteiger partial charge in [0.1, 0.15) is 5.75 Å². The zero-order valence-electron chi connectivity index (χ0n) is 13.1. The van der Waals surface area contributed by atoms with Crippen LogP contribution in [0.1, 0.15) is 5.56 Å². The summed E-state index contributed by atoms with van der Waals surface area (Å²) in [5, 5.41) is 2.81. The van der Waals surface area contributed by atoms with Crippen LogP contribution in [0.5, 0.6) is 5.75 Å². The summed E-state index contributed by atoms with van der Waals surface area (Å²) in [6.07, 6.45) is -6.69. The molecule has 1 N–H and O–H groups in total. The Balaban J connectivity index is 1.94. The second-order valence-corrected chi connectivity index (χ2v) is 5.50. The Kier molecular flexibility index (Phi) is 4.82. The number of fused-ring (bicyclic) bond motifs is 1. The Bertz CT molecular complexity index is 838. The summed E-state index contributed by atoms with van der Waals surface area (Å²) in [5.41, 5.74) is 1.17. The highest BCUT2D eigenvalue weighted by molar-refractivity contribution is 5.76. The van der Waals surface area contributed by atoms with E-state index in [4.69, 9.17) is 4.74 Å². The Morgan fingerprint density at radius 1 is 1.15 bits per heavy atom. The van der Waals surface area contributed by atoms with E-state index in [1.54, 1.807) is 18.2 Å².